The van der Waals surface area contributed by atoms with Gasteiger partial charge in [-0.2, -0.15) is 0 Å². The van der Waals surface area contributed by atoms with E-state index in [1.807, 2.05) is 43.0 Å². The van der Waals surface area contributed by atoms with E-state index in [2.05, 4.69) is 149 Å². The number of rotatable bonds is 8. The zero-order chi connectivity index (χ0) is 40.7. The second kappa shape index (κ2) is 15.3. The van der Waals surface area contributed by atoms with Gasteiger partial charge >= 0.3 is 21.1 Å². The van der Waals surface area contributed by atoms with E-state index in [1.165, 1.54) is 38.9 Å². The molecule has 0 fully saturated rings. The van der Waals surface area contributed by atoms with Crippen molar-refractivity contribution < 1.29 is 25.8 Å². The minimum atomic E-state index is 0. The van der Waals surface area contributed by atoms with Crippen molar-refractivity contribution >= 4 is 54.8 Å². The summed E-state index contributed by atoms with van der Waals surface area (Å²) >= 11 is 0. The van der Waals surface area contributed by atoms with Crippen molar-refractivity contribution in [1.82, 2.24) is 23.8 Å². The van der Waals surface area contributed by atoms with Crippen LogP contribution in [-0.2, 0) is 21.1 Å². The first-order valence-electron chi connectivity index (χ1n) is 20.9. The van der Waals surface area contributed by atoms with Gasteiger partial charge in [-0.3, -0.25) is 9.97 Å². The Kier molecular flexibility index (Phi) is 10.1. The molecule has 7 heteroatoms. The van der Waals surface area contributed by atoms with E-state index in [0.29, 0.717) is 35.2 Å². The first-order chi connectivity index (χ1) is 28.6. The predicted octanol–water partition coefficient (Wildman–Crippen LogP) is 14.2. The fourth-order valence-electron chi connectivity index (χ4n) is 9.22. The smallest absolute Gasteiger partial charge is 0.497 e. The first kappa shape index (κ1) is 39.6. The van der Waals surface area contributed by atoms with Gasteiger partial charge in [-0.25, -0.2) is 4.98 Å². The number of pyridine rings is 3. The predicted molar refractivity (Wildman–Crippen MR) is 243 cm³/mol. The van der Waals surface area contributed by atoms with Crippen LogP contribution in [0.3, 0.4) is 0 Å². The fraction of sp³-hybridized carbons (Fsp3) is 0.226. The molecule has 6 nitrogen and oxygen atoms in total. The number of imidazole rings is 2. The van der Waals surface area contributed by atoms with E-state index in [4.69, 9.17) is 19.7 Å². The van der Waals surface area contributed by atoms with E-state index >= 15 is 0 Å². The van der Waals surface area contributed by atoms with Crippen LogP contribution >= 0.6 is 0 Å². The largest absolute Gasteiger partial charge is 2.00 e. The molecular formula is C53H47N5OPt. The Labute approximate surface area is 365 Å². The van der Waals surface area contributed by atoms with Crippen LogP contribution in [0.5, 0.6) is 11.5 Å². The van der Waals surface area contributed by atoms with Crippen LogP contribution in [0.1, 0.15) is 101 Å². The molecule has 0 saturated carbocycles. The Bertz CT molecular complexity index is 3230. The van der Waals surface area contributed by atoms with Gasteiger partial charge in [0.15, 0.2) is 0 Å². The van der Waals surface area contributed by atoms with Crippen molar-refractivity contribution in [1.29, 1.82) is 0 Å². The number of benzene rings is 5. The molecule has 10 aromatic rings. The molecule has 5 aromatic heterocycles. The summed E-state index contributed by atoms with van der Waals surface area (Å²) in [6.07, 6.45) is 7.78. The third-order valence-electron chi connectivity index (χ3n) is 12.0. The minimum Gasteiger partial charge on any atom is -0.497 e. The second-order valence-corrected chi connectivity index (χ2v) is 17.1. The molecule has 0 aliphatic rings. The zero-order valence-electron chi connectivity index (χ0n) is 35.2. The van der Waals surface area contributed by atoms with Crippen LogP contribution in [0.15, 0.2) is 116 Å². The van der Waals surface area contributed by atoms with Crippen molar-refractivity contribution in [3.8, 4) is 33.9 Å². The summed E-state index contributed by atoms with van der Waals surface area (Å²) in [6.45, 7) is 18.1. The van der Waals surface area contributed by atoms with Crippen LogP contribution in [0.4, 0.5) is 0 Å². The topological polar surface area (TPSA) is 56.7 Å². The summed E-state index contributed by atoms with van der Waals surface area (Å²) in [5.74, 6) is 2.66. The average molecular weight is 965 g/mol. The summed E-state index contributed by atoms with van der Waals surface area (Å²) in [5, 5.41) is 6.05. The summed E-state index contributed by atoms with van der Waals surface area (Å²) < 4.78 is 11.0. The molecule has 0 atom stereocenters. The van der Waals surface area contributed by atoms with Gasteiger partial charge in [-0.1, -0.05) is 156 Å². The summed E-state index contributed by atoms with van der Waals surface area (Å²) in [7, 11) is 0. The molecule has 0 aliphatic carbocycles. The number of ether oxygens (including phenoxy) is 1. The van der Waals surface area contributed by atoms with Gasteiger partial charge in [0, 0.05) is 47.4 Å². The van der Waals surface area contributed by atoms with E-state index in [1.54, 1.807) is 0 Å². The molecule has 0 aliphatic heterocycles. The van der Waals surface area contributed by atoms with Gasteiger partial charge in [0.25, 0.3) is 0 Å². The molecule has 300 valence electrons. The molecule has 0 saturated heterocycles. The van der Waals surface area contributed by atoms with Crippen molar-refractivity contribution in [3.05, 3.63) is 150 Å². The molecule has 0 radical (unpaired) electrons. The maximum Gasteiger partial charge on any atom is 2.00 e. The van der Waals surface area contributed by atoms with Gasteiger partial charge < -0.3 is 13.5 Å². The van der Waals surface area contributed by atoms with Crippen molar-refractivity contribution in [2.75, 3.05) is 0 Å². The fourth-order valence-corrected chi connectivity index (χ4v) is 9.22. The van der Waals surface area contributed by atoms with Crippen LogP contribution in [0.2, 0.25) is 0 Å². The SMILES string of the molecule is CC(C)c1cccc(C(C)C)c1-c1ccc2c3ccc(Oc4[c-]c5c(cc4)c4cccnc4n4c(-c6c(C(C)C)cccc6C(C)C)cnc54)[c-]c3c3nccn3c2c1.[Pt+2]. The maximum absolute atomic E-state index is 6.63. The van der Waals surface area contributed by atoms with Gasteiger partial charge in [0.05, 0.1) is 17.0 Å². The molecule has 0 amide bonds. The third kappa shape index (κ3) is 6.30. The monoisotopic (exact) mass is 964 g/mol. The zero-order valence-corrected chi connectivity index (χ0v) is 37.5. The number of fused-ring (bicyclic) bond motifs is 12. The first-order valence-corrected chi connectivity index (χ1v) is 20.9. The molecule has 0 unspecified atom stereocenters. The number of hydrogen-bond donors (Lipinski definition) is 0. The Balaban J connectivity index is 0.00000462. The van der Waals surface area contributed by atoms with E-state index in [-0.39, 0.29) is 21.1 Å². The standard InChI is InChI=1S/C53H47N5O.Pt/c1-30(2)37-12-9-13-38(31(3)4)49(37)34-17-20-43-41-21-18-35(27-45(41)51-55-24-25-57(51)47(43)26-34)59-36-19-22-42-44-16-11-23-54-52(44)58-48(29-56-53(58)46(42)28-36)50-39(32(5)6)14-10-15-40(50)33(7)8;/h9-26,29-33H,1-8H3;/q-2;+2. The van der Waals surface area contributed by atoms with Crippen LogP contribution < -0.4 is 4.74 Å². The Morgan fingerprint density at radius 1 is 0.517 bits per heavy atom. The van der Waals surface area contributed by atoms with Crippen LogP contribution in [-0.4, -0.2) is 23.8 Å². The van der Waals surface area contributed by atoms with Crippen molar-refractivity contribution in [3.63, 3.8) is 0 Å². The minimum absolute atomic E-state index is 0. The maximum atomic E-state index is 6.63. The number of hydrogen-bond acceptors (Lipinski definition) is 4. The summed E-state index contributed by atoms with van der Waals surface area (Å²) in [4.78, 5) is 14.9. The summed E-state index contributed by atoms with van der Waals surface area (Å²) in [6, 6.07) is 39.9. The second-order valence-electron chi connectivity index (χ2n) is 17.1. The van der Waals surface area contributed by atoms with Crippen LogP contribution in [0.25, 0.3) is 77.2 Å². The normalized spacial score (nSPS) is 12.1. The molecule has 5 aromatic carbocycles. The molecule has 60 heavy (non-hydrogen) atoms. The quantitative estimate of drug-likeness (QED) is 0.112. The molecule has 5 heterocycles. The Hall–Kier alpha value is -5.84. The average Bonchev–Trinajstić information content (AvgIpc) is 3.92. The van der Waals surface area contributed by atoms with E-state index in [9.17, 15) is 0 Å². The number of aromatic nitrogens is 5. The van der Waals surface area contributed by atoms with Gasteiger partial charge in [0.2, 0.25) is 0 Å². The molecular weight excluding hydrogens is 918 g/mol. The van der Waals surface area contributed by atoms with Crippen molar-refractivity contribution in [2.45, 2.75) is 79.1 Å². The number of nitrogens with zero attached hydrogens (tertiary/aromatic N) is 5. The third-order valence-corrected chi connectivity index (χ3v) is 12.0. The summed E-state index contributed by atoms with van der Waals surface area (Å²) in [5.41, 5.74) is 13.8. The van der Waals surface area contributed by atoms with Gasteiger partial charge in [0.1, 0.15) is 5.65 Å². The van der Waals surface area contributed by atoms with Gasteiger partial charge in [-0.15, -0.1) is 12.1 Å². The molecule has 10 rings (SSSR count). The van der Waals surface area contributed by atoms with Crippen LogP contribution in [0, 0.1) is 12.1 Å². The molecule has 0 spiro atoms. The van der Waals surface area contributed by atoms with E-state index < -0.39 is 0 Å². The van der Waals surface area contributed by atoms with Crippen molar-refractivity contribution in [2.24, 2.45) is 0 Å². The Morgan fingerprint density at radius 2 is 1.07 bits per heavy atom. The molecule has 0 N–H and O–H groups in total. The molecule has 0 bridgehead atoms. The van der Waals surface area contributed by atoms with Gasteiger partial charge in [-0.05, 0) is 80.0 Å². The van der Waals surface area contributed by atoms with E-state index in [0.717, 1.165) is 60.5 Å². The Morgan fingerprint density at radius 3 is 1.68 bits per heavy atom.